The SMILES string of the molecule is COc1ccc(/C=C/C(=O)Nc2c(F)cccc2F)cc1OC. The number of halogens is 2. The van der Waals surface area contributed by atoms with E-state index < -0.39 is 23.2 Å². The Kier molecular flexibility index (Phi) is 5.30. The Bertz CT molecular complexity index is 724. The molecule has 2 rings (SSSR count). The van der Waals surface area contributed by atoms with Crippen LogP contribution in [0.25, 0.3) is 6.08 Å². The van der Waals surface area contributed by atoms with Gasteiger partial charge in [-0.2, -0.15) is 0 Å². The molecule has 1 N–H and O–H groups in total. The van der Waals surface area contributed by atoms with Crippen LogP contribution < -0.4 is 14.8 Å². The molecule has 0 fully saturated rings. The van der Waals surface area contributed by atoms with Gasteiger partial charge in [-0.1, -0.05) is 12.1 Å². The molecule has 6 heteroatoms. The van der Waals surface area contributed by atoms with Crippen LogP contribution in [0.1, 0.15) is 5.56 Å². The van der Waals surface area contributed by atoms with Gasteiger partial charge < -0.3 is 14.8 Å². The number of anilines is 1. The van der Waals surface area contributed by atoms with Gasteiger partial charge in [-0.25, -0.2) is 8.78 Å². The second-order valence-electron chi connectivity index (χ2n) is 4.53. The summed E-state index contributed by atoms with van der Waals surface area (Å²) in [6.45, 7) is 0. The second-order valence-corrected chi connectivity index (χ2v) is 4.53. The molecule has 0 atom stereocenters. The zero-order valence-corrected chi connectivity index (χ0v) is 12.6. The summed E-state index contributed by atoms with van der Waals surface area (Å²) in [5.41, 5.74) is 0.196. The number of hydrogen-bond donors (Lipinski definition) is 1. The summed E-state index contributed by atoms with van der Waals surface area (Å²) in [5.74, 6) is -1.25. The number of ether oxygens (including phenoxy) is 2. The summed E-state index contributed by atoms with van der Waals surface area (Å²) in [4.78, 5) is 11.8. The molecular formula is C17H15F2NO3. The zero-order valence-electron chi connectivity index (χ0n) is 12.6. The Balaban J connectivity index is 2.12. The third-order valence-corrected chi connectivity index (χ3v) is 3.05. The number of carbonyl (C=O) groups is 1. The maximum atomic E-state index is 13.4. The molecule has 0 spiro atoms. The fourth-order valence-electron chi connectivity index (χ4n) is 1.91. The summed E-state index contributed by atoms with van der Waals surface area (Å²) in [6.07, 6.45) is 2.67. The smallest absolute Gasteiger partial charge is 0.248 e. The average molecular weight is 319 g/mol. The zero-order chi connectivity index (χ0) is 16.8. The molecule has 0 aliphatic heterocycles. The lowest BCUT2D eigenvalue weighted by molar-refractivity contribution is -0.111. The van der Waals surface area contributed by atoms with Crippen molar-refractivity contribution in [3.05, 3.63) is 59.7 Å². The van der Waals surface area contributed by atoms with Crippen LogP contribution in [-0.2, 0) is 4.79 Å². The van der Waals surface area contributed by atoms with Crippen LogP contribution in [0, 0.1) is 11.6 Å². The van der Waals surface area contributed by atoms with Gasteiger partial charge in [-0.3, -0.25) is 4.79 Å². The molecule has 1 amide bonds. The minimum Gasteiger partial charge on any atom is -0.493 e. The lowest BCUT2D eigenvalue weighted by Gasteiger charge is -2.07. The van der Waals surface area contributed by atoms with E-state index in [0.717, 1.165) is 12.1 Å². The molecule has 0 unspecified atom stereocenters. The topological polar surface area (TPSA) is 47.6 Å². The predicted octanol–water partition coefficient (Wildman–Crippen LogP) is 3.63. The first-order valence-electron chi connectivity index (χ1n) is 6.70. The van der Waals surface area contributed by atoms with E-state index in [0.29, 0.717) is 17.1 Å². The van der Waals surface area contributed by atoms with Crippen LogP contribution in [0.15, 0.2) is 42.5 Å². The molecule has 0 aliphatic carbocycles. The second kappa shape index (κ2) is 7.40. The Morgan fingerprint density at radius 1 is 1.04 bits per heavy atom. The first kappa shape index (κ1) is 16.5. The summed E-state index contributed by atoms with van der Waals surface area (Å²) in [6, 6.07) is 8.43. The molecule has 0 saturated carbocycles. The highest BCUT2D eigenvalue weighted by atomic mass is 19.1. The van der Waals surface area contributed by atoms with Crippen LogP contribution in [0.3, 0.4) is 0 Å². The number of rotatable bonds is 5. The number of carbonyl (C=O) groups excluding carboxylic acids is 1. The first-order chi connectivity index (χ1) is 11.0. The Morgan fingerprint density at radius 3 is 2.30 bits per heavy atom. The van der Waals surface area contributed by atoms with Gasteiger partial charge in [-0.05, 0) is 35.9 Å². The Hall–Kier alpha value is -2.89. The molecule has 4 nitrogen and oxygen atoms in total. The van der Waals surface area contributed by atoms with Gasteiger partial charge >= 0.3 is 0 Å². The molecule has 120 valence electrons. The lowest BCUT2D eigenvalue weighted by atomic mass is 10.2. The number of para-hydroxylation sites is 1. The van der Waals surface area contributed by atoms with E-state index in [1.54, 1.807) is 18.2 Å². The van der Waals surface area contributed by atoms with E-state index in [2.05, 4.69) is 5.32 Å². The van der Waals surface area contributed by atoms with Crippen molar-refractivity contribution in [1.29, 1.82) is 0 Å². The standard InChI is InChI=1S/C17H15F2NO3/c1-22-14-8-6-11(10-15(14)23-2)7-9-16(21)20-17-12(18)4-3-5-13(17)19/h3-10H,1-2H3,(H,20,21)/b9-7+. The van der Waals surface area contributed by atoms with E-state index in [1.165, 1.54) is 32.4 Å². The number of amides is 1. The normalized spacial score (nSPS) is 10.6. The van der Waals surface area contributed by atoms with Gasteiger partial charge in [-0.15, -0.1) is 0 Å². The number of methoxy groups -OCH3 is 2. The fourth-order valence-corrected chi connectivity index (χ4v) is 1.91. The summed E-state index contributed by atoms with van der Waals surface area (Å²) in [7, 11) is 3.02. The van der Waals surface area contributed by atoms with Crippen molar-refractivity contribution in [2.24, 2.45) is 0 Å². The summed E-state index contributed by atoms with van der Waals surface area (Å²) < 4.78 is 37.2. The van der Waals surface area contributed by atoms with Crippen LogP contribution >= 0.6 is 0 Å². The molecular weight excluding hydrogens is 304 g/mol. The van der Waals surface area contributed by atoms with Crippen LogP contribution in [-0.4, -0.2) is 20.1 Å². The molecule has 0 heterocycles. The van der Waals surface area contributed by atoms with Crippen LogP contribution in [0.5, 0.6) is 11.5 Å². The van der Waals surface area contributed by atoms with Gasteiger partial charge in [0.15, 0.2) is 11.5 Å². The quantitative estimate of drug-likeness (QED) is 0.856. The molecule has 23 heavy (non-hydrogen) atoms. The van der Waals surface area contributed by atoms with Gasteiger partial charge in [0.1, 0.15) is 17.3 Å². The third-order valence-electron chi connectivity index (χ3n) is 3.05. The van der Waals surface area contributed by atoms with E-state index in [4.69, 9.17) is 9.47 Å². The van der Waals surface area contributed by atoms with Crippen molar-refractivity contribution in [1.82, 2.24) is 0 Å². The van der Waals surface area contributed by atoms with Crippen LogP contribution in [0.4, 0.5) is 14.5 Å². The Morgan fingerprint density at radius 2 is 1.70 bits per heavy atom. The molecule has 0 aliphatic rings. The van der Waals surface area contributed by atoms with Crippen molar-refractivity contribution in [3.8, 4) is 11.5 Å². The van der Waals surface area contributed by atoms with Crippen molar-refractivity contribution < 1.29 is 23.0 Å². The summed E-state index contributed by atoms with van der Waals surface area (Å²) in [5, 5.41) is 2.17. The van der Waals surface area contributed by atoms with Crippen molar-refractivity contribution in [3.63, 3.8) is 0 Å². The van der Waals surface area contributed by atoms with Crippen molar-refractivity contribution in [2.75, 3.05) is 19.5 Å². The van der Waals surface area contributed by atoms with Crippen LogP contribution in [0.2, 0.25) is 0 Å². The lowest BCUT2D eigenvalue weighted by Crippen LogP contribution is -2.10. The molecule has 2 aromatic carbocycles. The molecule has 0 bridgehead atoms. The highest BCUT2D eigenvalue weighted by Gasteiger charge is 2.10. The first-order valence-corrected chi connectivity index (χ1v) is 6.70. The minimum absolute atomic E-state index is 0.477. The number of nitrogens with one attached hydrogen (secondary N) is 1. The summed E-state index contributed by atoms with van der Waals surface area (Å²) >= 11 is 0. The average Bonchev–Trinajstić information content (AvgIpc) is 2.56. The fraction of sp³-hybridized carbons (Fsp3) is 0.118. The van der Waals surface area contributed by atoms with Gasteiger partial charge in [0, 0.05) is 6.08 Å². The number of benzene rings is 2. The van der Waals surface area contributed by atoms with Gasteiger partial charge in [0.05, 0.1) is 14.2 Å². The molecule has 0 aromatic heterocycles. The van der Waals surface area contributed by atoms with Crippen molar-refractivity contribution in [2.45, 2.75) is 0 Å². The maximum Gasteiger partial charge on any atom is 0.248 e. The molecule has 2 aromatic rings. The Labute approximate surface area is 132 Å². The molecule has 0 radical (unpaired) electrons. The minimum atomic E-state index is -0.835. The number of hydrogen-bond acceptors (Lipinski definition) is 3. The van der Waals surface area contributed by atoms with Gasteiger partial charge in [0.2, 0.25) is 5.91 Å². The highest BCUT2D eigenvalue weighted by Crippen LogP contribution is 2.28. The van der Waals surface area contributed by atoms with E-state index in [-0.39, 0.29) is 0 Å². The van der Waals surface area contributed by atoms with E-state index in [9.17, 15) is 13.6 Å². The van der Waals surface area contributed by atoms with E-state index in [1.807, 2.05) is 0 Å². The maximum absolute atomic E-state index is 13.4. The predicted molar refractivity (Wildman–Crippen MR) is 83.6 cm³/mol. The van der Waals surface area contributed by atoms with Gasteiger partial charge in [0.25, 0.3) is 0 Å². The molecule has 0 saturated heterocycles. The highest BCUT2D eigenvalue weighted by molar-refractivity contribution is 6.02. The largest absolute Gasteiger partial charge is 0.493 e. The third kappa shape index (κ3) is 4.06. The van der Waals surface area contributed by atoms with E-state index >= 15 is 0 Å². The monoisotopic (exact) mass is 319 g/mol. The van der Waals surface area contributed by atoms with Crippen molar-refractivity contribution >= 4 is 17.7 Å².